The van der Waals surface area contributed by atoms with Crippen molar-refractivity contribution in [1.29, 1.82) is 0 Å². The molecule has 0 aromatic rings. The molecule has 0 aromatic carbocycles. The summed E-state index contributed by atoms with van der Waals surface area (Å²) in [5.41, 5.74) is 0. The highest BCUT2D eigenvalue weighted by Gasteiger charge is 2.62. The second-order valence-electron chi connectivity index (χ2n) is 31.0. The van der Waals surface area contributed by atoms with Crippen LogP contribution in [0.4, 0.5) is 0 Å². The molecule has 0 saturated carbocycles. The van der Waals surface area contributed by atoms with E-state index in [9.17, 15) is 169 Å². The molecule has 33 N–H and O–H groups in total. The van der Waals surface area contributed by atoms with Gasteiger partial charge in [-0.3, -0.25) is 0 Å². The molecule has 25 aliphatic heterocycles. The molecule has 55 atom stereocenters. The minimum absolute atomic E-state index is 0.882. The van der Waals surface area contributed by atoms with E-state index >= 15 is 0 Å². The maximum atomic E-state index is 12.1. The summed E-state index contributed by atoms with van der Waals surface area (Å²) >= 11 is 0. The van der Waals surface area contributed by atoms with Crippen molar-refractivity contribution in [2.75, 3.05) is 72.7 Å². The first kappa shape index (κ1) is 97.8. The monoisotopic (exact) mass is 1780 g/mol. The van der Waals surface area contributed by atoms with Gasteiger partial charge in [0.15, 0.2) is 69.2 Å². The van der Waals surface area contributed by atoms with Crippen LogP contribution in [0.2, 0.25) is 0 Å². The van der Waals surface area contributed by atoms with Crippen LogP contribution in [0, 0.1) is 0 Å². The molecular formula is C66H110O55. The van der Waals surface area contributed by atoms with Crippen LogP contribution >= 0.6 is 0 Å². The summed E-state index contributed by atoms with van der Waals surface area (Å²) in [6.45, 7) is -12.2. The van der Waals surface area contributed by atoms with Crippen LogP contribution < -0.4 is 0 Å². The first-order chi connectivity index (χ1) is 57.5. The Morgan fingerprint density at radius 2 is 0.339 bits per heavy atom. The van der Waals surface area contributed by atoms with Crippen LogP contribution in [0.5, 0.6) is 0 Å². The lowest BCUT2D eigenvalue weighted by atomic mass is 9.95. The molecule has 704 valence electrons. The van der Waals surface area contributed by atoms with Gasteiger partial charge in [0.1, 0.15) is 269 Å². The van der Waals surface area contributed by atoms with E-state index in [1.165, 1.54) is 0 Å². The van der Waals surface area contributed by atoms with Crippen molar-refractivity contribution in [1.82, 2.24) is 0 Å². The second-order valence-corrected chi connectivity index (χ2v) is 31.0. The molecule has 55 heteroatoms. The van der Waals surface area contributed by atoms with Crippen molar-refractivity contribution in [2.45, 2.75) is 338 Å². The molecule has 0 aromatic heterocycles. The molecule has 25 fully saturated rings. The molecule has 0 amide bonds. The fraction of sp³-hybridized carbons (Fsp3) is 1.00. The molecule has 55 nitrogen and oxygen atoms in total. The Labute approximate surface area is 681 Å². The highest BCUT2D eigenvalue weighted by atomic mass is 16.8. The largest absolute Gasteiger partial charge is 0.394 e. The van der Waals surface area contributed by atoms with Crippen LogP contribution in [0.1, 0.15) is 0 Å². The maximum Gasteiger partial charge on any atom is 0.187 e. The van der Waals surface area contributed by atoms with Crippen LogP contribution in [-0.4, -0.2) is 579 Å². The standard InChI is InChI=1S/C66H110O55/c67-1-12-23(76)25(78)36(89)58(102-12)113-47-13(2-68)103-56(38(91)27(47)80)100-10-21-24(77)26(79)37(90)59(111-21)114-48-14(3-69)104-57(39(92)28(48)81)101-11-22-55-35(88)46(99)66(112-22)120-54-20(9-75)109-64(44(97)33(54)86)118-52-18(7-73)107-62(42(95)31(52)84)116-50-16(5-71)105-60(40(93)29(50)82)115-49-15(4-70)106-61(41(94)30(49)83)117-51-17(6-72)108-63(43(96)32(51)85)119-53-19(8-74)110-65(121-55)45(98)34(53)87/h12-99H,1-11H2/t12-,13-,14-,15-,16-,17-,18-,19-,20-,21-,22-,23-,24-,25+,26+,27-,28-,29-,30-,31-,32-,33-,34-,35-,36-,37-,38-,39-,40-,41-,42-,43-,44-,45-,46-,47-,48-,49-,50-,51-,52-,53-,54-,55-,56+,57+,58-,59-,60-,61-,62-,63-,64-,65-,66-/m1/s1. The van der Waals surface area contributed by atoms with Crippen LogP contribution in [0.15, 0.2) is 0 Å². The highest BCUT2D eigenvalue weighted by Crippen LogP contribution is 2.42. The fourth-order valence-corrected chi connectivity index (χ4v) is 16.2. The minimum Gasteiger partial charge on any atom is -0.394 e. The molecular weight excluding hydrogens is 1670 g/mol. The molecule has 0 spiro atoms. The van der Waals surface area contributed by atoms with E-state index in [4.69, 9.17) is 104 Å². The number of hydrogen-bond donors (Lipinski definition) is 33. The van der Waals surface area contributed by atoms with Crippen molar-refractivity contribution in [3.63, 3.8) is 0 Å². The molecule has 14 bridgehead atoms. The molecule has 25 rings (SSSR count). The normalized spacial score (nSPS) is 55.0. The first-order valence-corrected chi connectivity index (χ1v) is 38.7. The Bertz CT molecular complexity index is 3120. The summed E-state index contributed by atoms with van der Waals surface area (Å²) in [5, 5.41) is 368. The molecule has 25 saturated heterocycles. The quantitative estimate of drug-likeness (QED) is 0.0571. The second kappa shape index (κ2) is 41.9. The smallest absolute Gasteiger partial charge is 0.187 e. The Hall–Kier alpha value is -2.20. The fourth-order valence-electron chi connectivity index (χ4n) is 16.2. The Morgan fingerprint density at radius 1 is 0.149 bits per heavy atom. The molecule has 0 radical (unpaired) electrons. The molecule has 25 aliphatic rings. The lowest BCUT2D eigenvalue weighted by Gasteiger charge is -2.50. The van der Waals surface area contributed by atoms with E-state index in [1.807, 2.05) is 0 Å². The number of ether oxygens (including phenoxy) is 22. The molecule has 0 unspecified atom stereocenters. The zero-order valence-electron chi connectivity index (χ0n) is 63.3. The third-order valence-corrected chi connectivity index (χ3v) is 23.2. The van der Waals surface area contributed by atoms with Gasteiger partial charge in [-0.1, -0.05) is 0 Å². The molecule has 25 heterocycles. The van der Waals surface area contributed by atoms with Crippen LogP contribution in [0.25, 0.3) is 0 Å². The summed E-state index contributed by atoms with van der Waals surface area (Å²) < 4.78 is 126. The Balaban J connectivity index is 0.773. The third kappa shape index (κ3) is 19.9. The van der Waals surface area contributed by atoms with Gasteiger partial charge in [0, 0.05) is 0 Å². The van der Waals surface area contributed by atoms with Gasteiger partial charge in [-0.2, -0.15) is 0 Å². The van der Waals surface area contributed by atoms with Gasteiger partial charge in [-0.05, 0) is 0 Å². The van der Waals surface area contributed by atoms with E-state index in [0.717, 1.165) is 0 Å². The van der Waals surface area contributed by atoms with Crippen molar-refractivity contribution >= 4 is 0 Å². The van der Waals surface area contributed by atoms with Crippen molar-refractivity contribution < 1.29 is 273 Å². The van der Waals surface area contributed by atoms with Crippen molar-refractivity contribution in [2.24, 2.45) is 0 Å². The van der Waals surface area contributed by atoms with Gasteiger partial charge in [-0.25, -0.2) is 0 Å². The third-order valence-electron chi connectivity index (χ3n) is 23.2. The van der Waals surface area contributed by atoms with Crippen molar-refractivity contribution in [3.8, 4) is 0 Å². The van der Waals surface area contributed by atoms with E-state index in [1.54, 1.807) is 0 Å². The Kier molecular flexibility index (Phi) is 33.9. The summed E-state index contributed by atoms with van der Waals surface area (Å²) in [6, 6.07) is 0. The summed E-state index contributed by atoms with van der Waals surface area (Å²) in [5.74, 6) is 0. The van der Waals surface area contributed by atoms with Gasteiger partial charge >= 0.3 is 0 Å². The number of aliphatic hydroxyl groups excluding tert-OH is 33. The summed E-state index contributed by atoms with van der Waals surface area (Å²) in [4.78, 5) is 0. The average Bonchev–Trinajstić information content (AvgIpc) is 0.908. The summed E-state index contributed by atoms with van der Waals surface area (Å²) in [6.07, 6.45) is -117. The lowest BCUT2D eigenvalue weighted by molar-refractivity contribution is -0.400. The van der Waals surface area contributed by atoms with Crippen LogP contribution in [0.3, 0.4) is 0 Å². The average molecular weight is 1780 g/mol. The van der Waals surface area contributed by atoms with E-state index in [2.05, 4.69) is 0 Å². The van der Waals surface area contributed by atoms with E-state index in [-0.39, 0.29) is 0 Å². The predicted octanol–water partition coefficient (Wildman–Crippen LogP) is -23.9. The number of hydrogen-bond acceptors (Lipinski definition) is 55. The van der Waals surface area contributed by atoms with Gasteiger partial charge in [-0.15, -0.1) is 0 Å². The van der Waals surface area contributed by atoms with E-state index in [0.29, 0.717) is 0 Å². The highest BCUT2D eigenvalue weighted by molar-refractivity contribution is 5.04. The van der Waals surface area contributed by atoms with E-state index < -0.39 is 410 Å². The van der Waals surface area contributed by atoms with Gasteiger partial charge in [0.25, 0.3) is 0 Å². The zero-order chi connectivity index (χ0) is 88.1. The predicted molar refractivity (Wildman–Crippen MR) is 359 cm³/mol. The Morgan fingerprint density at radius 3 is 0.579 bits per heavy atom. The van der Waals surface area contributed by atoms with Gasteiger partial charge in [0.05, 0.1) is 72.7 Å². The number of aliphatic hydroxyl groups is 33. The van der Waals surface area contributed by atoms with Crippen molar-refractivity contribution in [3.05, 3.63) is 0 Å². The summed E-state index contributed by atoms with van der Waals surface area (Å²) in [7, 11) is 0. The zero-order valence-corrected chi connectivity index (χ0v) is 63.3. The molecule has 0 aliphatic carbocycles. The first-order valence-electron chi connectivity index (χ1n) is 38.7. The molecule has 121 heavy (non-hydrogen) atoms. The number of rotatable bonds is 19. The topological polar surface area (TPSA) is 871 Å². The SMILES string of the molecule is OC[C@H]1O[C@H](O[C@H]2[C@H](O)[C@@H](O)[C@@H](OC[C@H]3O[C@H](O[C@H]4[C@H](O)[C@@H](O)[C@@H](OC[C@H]5O[C@@H]6O[C@H]7[C@H](O)[C@@H](O)[C@@H](O[C@H]8[C@H](O)[C@@H](O)[C@@H](O[C@H]9[C@H](O)[C@@H](O)[C@@H](O[C@H]%10[C@H](O)[C@@H](O)[C@@H](O[C@H]%11[C@H](O)[C@@H](O)[C@@H](O[C@H]%12[C@H](O)[C@@H](O)[C@@H](O[C@H]5[C@H](O)[C@H]6O)O[C@@H]%12CO)O[C@@H]%11CO)O[C@@H]%10CO)O[C@@H]9CO)O[C@@H]8CO)O[C@@H]7CO)O[C@@H]4CO)[C@H](O)[C@@H](O)[C@@H]3O)O[C@@H]2CO)[C@H](O)[C@@H](O)[C@@H]1O. The maximum absolute atomic E-state index is 12.1. The van der Waals surface area contributed by atoms with Crippen LogP contribution in [-0.2, 0) is 104 Å². The minimum atomic E-state index is -2.50. The lowest BCUT2D eigenvalue weighted by Crippen LogP contribution is -2.68. The van der Waals surface area contributed by atoms with Gasteiger partial charge < -0.3 is 273 Å². The van der Waals surface area contributed by atoms with Gasteiger partial charge in [0.2, 0.25) is 0 Å².